The first-order chi connectivity index (χ1) is 3.72. The van der Waals surface area contributed by atoms with Gasteiger partial charge in [0.05, 0.1) is 0 Å². The third-order valence-corrected chi connectivity index (χ3v) is 0.824. The van der Waals surface area contributed by atoms with Crippen LogP contribution in [-0.2, 0) is 16.8 Å². The Morgan fingerprint density at radius 3 is 1.33 bits per heavy atom. The molecule has 5 heteroatoms. The minimum Gasteiger partial charge on any atom is -0.411 e. The van der Waals surface area contributed by atoms with Gasteiger partial charge in [0.15, 0.2) is 0 Å². The fourth-order valence-electron chi connectivity index (χ4n) is 0.145. The summed E-state index contributed by atoms with van der Waals surface area (Å²) in [5.74, 6) is 0. The van der Waals surface area contributed by atoms with E-state index in [4.69, 9.17) is 10.4 Å². The van der Waals surface area contributed by atoms with Crippen molar-refractivity contribution in [2.75, 3.05) is 0 Å². The van der Waals surface area contributed by atoms with Crippen molar-refractivity contribution in [3.05, 3.63) is 0 Å². The van der Waals surface area contributed by atoms with Crippen LogP contribution in [0.3, 0.4) is 0 Å². The summed E-state index contributed by atoms with van der Waals surface area (Å²) in [5.41, 5.74) is 0.625. The van der Waals surface area contributed by atoms with Crippen LogP contribution in [0, 0.1) is 0 Å². The fourth-order valence-corrected chi connectivity index (χ4v) is 0.145. The van der Waals surface area contributed by atoms with Crippen LogP contribution in [0.1, 0.15) is 13.8 Å². The van der Waals surface area contributed by atoms with E-state index in [1.54, 1.807) is 0 Å². The van der Waals surface area contributed by atoms with Gasteiger partial charge in [-0.3, -0.25) is 0 Å². The Morgan fingerprint density at radius 2 is 1.22 bits per heavy atom. The van der Waals surface area contributed by atoms with E-state index >= 15 is 0 Å². The van der Waals surface area contributed by atoms with Gasteiger partial charge in [0.25, 0.3) is 0 Å². The smallest absolute Gasteiger partial charge is 0.411 e. The van der Waals surface area contributed by atoms with Crippen LogP contribution in [-0.4, -0.2) is 21.8 Å². The van der Waals surface area contributed by atoms with Gasteiger partial charge in [-0.1, -0.05) is 10.3 Å². The van der Waals surface area contributed by atoms with Gasteiger partial charge in [-0.05, 0) is 13.8 Å². The Balaban J connectivity index is 0. The van der Waals surface area contributed by atoms with Crippen LogP contribution in [0.4, 0.5) is 0 Å². The fraction of sp³-hybridized carbons (Fsp3) is 0.500. The number of nitrogens with zero attached hydrogens (tertiary/aromatic N) is 2. The molecule has 0 saturated heterocycles. The van der Waals surface area contributed by atoms with Gasteiger partial charge in [-0.2, -0.15) is 0 Å². The average Bonchev–Trinajstić information content (AvgIpc) is 1.84. The molecule has 0 radical (unpaired) electrons. The molecule has 0 aromatic heterocycles. The van der Waals surface area contributed by atoms with Gasteiger partial charge in [0.2, 0.25) is 0 Å². The molecule has 0 aliphatic heterocycles. The molecule has 0 saturated carbocycles. The molecule has 2 N–H and O–H groups in total. The van der Waals surface area contributed by atoms with Gasteiger partial charge in [0.1, 0.15) is 11.4 Å². The molecular weight excluding hydrogens is 167 g/mol. The number of oxime groups is 2. The largest absolute Gasteiger partial charge is 3.00 e. The van der Waals surface area contributed by atoms with Crippen LogP contribution in [0.15, 0.2) is 10.3 Å². The maximum Gasteiger partial charge on any atom is 3.00 e. The zero-order valence-electron chi connectivity index (χ0n) is 5.12. The first-order valence-electron chi connectivity index (χ1n) is 2.10. The van der Waals surface area contributed by atoms with Crippen molar-refractivity contribution in [3.8, 4) is 0 Å². The number of hydrogen-bond donors (Lipinski definition) is 2. The zero-order valence-corrected chi connectivity index (χ0v) is 6.16. The Hall–Kier alpha value is -0.554. The first-order valence-corrected chi connectivity index (χ1v) is 2.10. The predicted octanol–water partition coefficient (Wildman–Crippen LogP) is 0.684. The van der Waals surface area contributed by atoms with Crippen molar-refractivity contribution >= 4 is 11.4 Å². The maximum absolute atomic E-state index is 8.03. The predicted molar refractivity (Wildman–Crippen MR) is 29.8 cm³/mol. The van der Waals surface area contributed by atoms with Gasteiger partial charge in [0, 0.05) is 0 Å². The molecule has 52 valence electrons. The van der Waals surface area contributed by atoms with Crippen LogP contribution in [0.25, 0.3) is 0 Å². The molecule has 0 heterocycles. The molecule has 0 fully saturated rings. The molecule has 0 aromatic rings. The summed E-state index contributed by atoms with van der Waals surface area (Å²) in [4.78, 5) is 0. The van der Waals surface area contributed by atoms with E-state index < -0.39 is 0 Å². The second-order valence-corrected chi connectivity index (χ2v) is 1.37. The Morgan fingerprint density at radius 1 is 1.00 bits per heavy atom. The SMILES string of the molecule is CC(=NO)C(C)=NO.[Co+3]. The molecule has 0 aliphatic carbocycles. The average molecular weight is 175 g/mol. The maximum atomic E-state index is 8.03. The Kier molecular flexibility index (Phi) is 6.99. The van der Waals surface area contributed by atoms with Crippen molar-refractivity contribution in [2.24, 2.45) is 10.3 Å². The van der Waals surface area contributed by atoms with E-state index in [-0.39, 0.29) is 16.8 Å². The Labute approximate surface area is 63.4 Å². The summed E-state index contributed by atoms with van der Waals surface area (Å²) in [6.45, 7) is 3.07. The van der Waals surface area contributed by atoms with Crippen LogP contribution in [0.2, 0.25) is 0 Å². The van der Waals surface area contributed by atoms with Crippen molar-refractivity contribution in [1.29, 1.82) is 0 Å². The summed E-state index contributed by atoms with van der Waals surface area (Å²) in [7, 11) is 0. The molecule has 0 amide bonds. The normalized spacial score (nSPS) is 12.7. The first kappa shape index (κ1) is 11.3. The quantitative estimate of drug-likeness (QED) is 0.349. The van der Waals surface area contributed by atoms with Crippen LogP contribution in [0.5, 0.6) is 0 Å². The minimum atomic E-state index is 0. The van der Waals surface area contributed by atoms with Gasteiger partial charge in [-0.15, -0.1) is 0 Å². The van der Waals surface area contributed by atoms with Gasteiger partial charge >= 0.3 is 16.8 Å². The van der Waals surface area contributed by atoms with E-state index in [9.17, 15) is 0 Å². The summed E-state index contributed by atoms with van der Waals surface area (Å²) in [6, 6.07) is 0. The molecule has 4 nitrogen and oxygen atoms in total. The van der Waals surface area contributed by atoms with Crippen molar-refractivity contribution in [2.45, 2.75) is 13.8 Å². The molecule has 0 atom stereocenters. The van der Waals surface area contributed by atoms with Crippen molar-refractivity contribution < 1.29 is 27.2 Å². The minimum absolute atomic E-state index is 0. The third kappa shape index (κ3) is 3.98. The molecular formula is C4H8CoN2O2+3. The van der Waals surface area contributed by atoms with Gasteiger partial charge in [-0.25, -0.2) is 0 Å². The number of rotatable bonds is 1. The summed E-state index contributed by atoms with van der Waals surface area (Å²) in [5, 5.41) is 21.6. The van der Waals surface area contributed by atoms with E-state index in [0.29, 0.717) is 11.4 Å². The molecule has 0 rings (SSSR count). The monoisotopic (exact) mass is 175 g/mol. The summed E-state index contributed by atoms with van der Waals surface area (Å²) < 4.78 is 0. The summed E-state index contributed by atoms with van der Waals surface area (Å²) in [6.07, 6.45) is 0. The third-order valence-electron chi connectivity index (χ3n) is 0.824. The van der Waals surface area contributed by atoms with E-state index in [0.717, 1.165) is 0 Å². The van der Waals surface area contributed by atoms with E-state index in [1.807, 2.05) is 0 Å². The zero-order chi connectivity index (χ0) is 6.57. The summed E-state index contributed by atoms with van der Waals surface area (Å²) >= 11 is 0. The topological polar surface area (TPSA) is 65.2 Å². The Bertz CT molecular complexity index is 117. The molecule has 0 aliphatic rings. The second-order valence-electron chi connectivity index (χ2n) is 1.37. The van der Waals surface area contributed by atoms with Crippen molar-refractivity contribution in [3.63, 3.8) is 0 Å². The van der Waals surface area contributed by atoms with Crippen molar-refractivity contribution in [1.82, 2.24) is 0 Å². The second kappa shape index (κ2) is 5.58. The molecule has 0 aromatic carbocycles. The van der Waals surface area contributed by atoms with Crippen LogP contribution >= 0.6 is 0 Å². The number of hydrogen-bond acceptors (Lipinski definition) is 4. The standard InChI is InChI=1S/C4H8N2O2.Co/c1-3(5-7)4(2)6-8;/h7-8H,1-2H3;/q;+3. The van der Waals surface area contributed by atoms with E-state index in [1.165, 1.54) is 13.8 Å². The van der Waals surface area contributed by atoms with E-state index in [2.05, 4.69) is 10.3 Å². The van der Waals surface area contributed by atoms with Crippen LogP contribution < -0.4 is 0 Å². The molecule has 0 unspecified atom stereocenters. The molecule has 9 heavy (non-hydrogen) atoms. The molecule has 0 bridgehead atoms. The molecule has 0 spiro atoms. The van der Waals surface area contributed by atoms with Gasteiger partial charge < -0.3 is 10.4 Å².